The Bertz CT molecular complexity index is 1100. The largest absolute Gasteiger partial charge is 0.405 e. The van der Waals surface area contributed by atoms with Crippen molar-refractivity contribution >= 4 is 33.2 Å². The second kappa shape index (κ2) is 12.6. The van der Waals surface area contributed by atoms with E-state index >= 15 is 0 Å². The van der Waals surface area contributed by atoms with Crippen LogP contribution in [0.5, 0.6) is 0 Å². The summed E-state index contributed by atoms with van der Waals surface area (Å²) in [6, 6.07) is 5.23. The minimum atomic E-state index is -3.41. The number of nitrogens with one attached hydrogen (secondary N) is 1. The monoisotopic (exact) mass is 536 g/mol. The van der Waals surface area contributed by atoms with Crippen molar-refractivity contribution in [2.45, 2.75) is 19.4 Å². The predicted octanol–water partition coefficient (Wildman–Crippen LogP) is 1.94. The summed E-state index contributed by atoms with van der Waals surface area (Å²) in [6.07, 6.45) is 7.93. The number of benzene rings is 1. The summed E-state index contributed by atoms with van der Waals surface area (Å²) in [5.74, 6) is 0.268. The number of sulfonamides is 1. The van der Waals surface area contributed by atoms with Crippen molar-refractivity contribution in [3.05, 3.63) is 65.0 Å². The Balaban J connectivity index is 1.49. The van der Waals surface area contributed by atoms with Gasteiger partial charge in [0, 0.05) is 55.9 Å². The van der Waals surface area contributed by atoms with Gasteiger partial charge in [-0.1, -0.05) is 24.2 Å². The van der Waals surface area contributed by atoms with Crippen LogP contribution in [0.15, 0.2) is 54.4 Å². The minimum absolute atomic E-state index is 0.0385. The lowest BCUT2D eigenvalue weighted by Crippen LogP contribution is -2.51. The molecule has 0 aromatic heterocycles. The molecule has 2 aliphatic heterocycles. The summed E-state index contributed by atoms with van der Waals surface area (Å²) in [5.41, 5.74) is 14.1. The number of nitrogens with two attached hydrogens (primary N) is 2. The van der Waals surface area contributed by atoms with Crippen molar-refractivity contribution in [3.63, 3.8) is 0 Å². The first kappa shape index (κ1) is 28.0. The highest BCUT2D eigenvalue weighted by molar-refractivity contribution is 7.92. The van der Waals surface area contributed by atoms with Crippen molar-refractivity contribution in [1.82, 2.24) is 14.7 Å². The van der Waals surface area contributed by atoms with Gasteiger partial charge in [-0.05, 0) is 67.6 Å². The molecular formula is C25H37ClN6O3S. The number of rotatable bonds is 9. The van der Waals surface area contributed by atoms with E-state index in [-0.39, 0.29) is 11.8 Å². The maximum absolute atomic E-state index is 13.2. The average Bonchev–Trinajstić information content (AvgIpc) is 2.80. The van der Waals surface area contributed by atoms with Gasteiger partial charge >= 0.3 is 0 Å². The molecule has 1 aromatic carbocycles. The van der Waals surface area contributed by atoms with Crippen LogP contribution in [0.1, 0.15) is 18.4 Å². The third kappa shape index (κ3) is 8.55. The molecule has 0 saturated carbocycles. The van der Waals surface area contributed by atoms with Gasteiger partial charge in [-0.25, -0.2) is 8.42 Å². The van der Waals surface area contributed by atoms with Gasteiger partial charge in [-0.15, -0.1) is 0 Å². The Morgan fingerprint density at radius 3 is 2.42 bits per heavy atom. The zero-order chi connectivity index (χ0) is 26.3. The first-order valence-corrected chi connectivity index (χ1v) is 14.3. The molecule has 5 N–H and O–H groups in total. The van der Waals surface area contributed by atoms with E-state index in [0.29, 0.717) is 36.0 Å². The van der Waals surface area contributed by atoms with Crippen LogP contribution in [0.2, 0.25) is 5.02 Å². The lowest BCUT2D eigenvalue weighted by atomic mass is 9.94. The molecule has 2 saturated heterocycles. The fourth-order valence-corrected chi connectivity index (χ4v) is 5.47. The first-order chi connectivity index (χ1) is 17.0. The number of nitrogens with zero attached hydrogens (tertiary/aromatic N) is 3. The molecular weight excluding hydrogens is 500 g/mol. The van der Waals surface area contributed by atoms with Crippen LogP contribution >= 0.6 is 11.6 Å². The number of halogens is 1. The van der Waals surface area contributed by atoms with Crippen molar-refractivity contribution < 1.29 is 13.2 Å². The highest BCUT2D eigenvalue weighted by Gasteiger charge is 2.30. The fourth-order valence-electron chi connectivity index (χ4n) is 4.71. The number of piperazine rings is 1. The molecule has 2 fully saturated rings. The van der Waals surface area contributed by atoms with Crippen LogP contribution in [0.25, 0.3) is 0 Å². The van der Waals surface area contributed by atoms with E-state index < -0.39 is 10.0 Å². The average molecular weight is 537 g/mol. The second-order valence-electron chi connectivity index (χ2n) is 9.48. The molecule has 1 aromatic rings. The summed E-state index contributed by atoms with van der Waals surface area (Å²) in [6.45, 7) is 9.51. The molecule has 0 aliphatic carbocycles. The minimum Gasteiger partial charge on any atom is -0.405 e. The van der Waals surface area contributed by atoms with Gasteiger partial charge in [0.2, 0.25) is 15.9 Å². The van der Waals surface area contributed by atoms with E-state index in [0.717, 1.165) is 63.0 Å². The van der Waals surface area contributed by atoms with Crippen LogP contribution in [-0.4, -0.2) is 81.1 Å². The van der Waals surface area contributed by atoms with Gasteiger partial charge in [0.1, 0.15) is 0 Å². The number of amides is 1. The number of piperidine rings is 1. The predicted molar refractivity (Wildman–Crippen MR) is 146 cm³/mol. The quantitative estimate of drug-likeness (QED) is 0.412. The number of carbonyl (C=O) groups excluding carboxylic acids is 1. The van der Waals surface area contributed by atoms with Gasteiger partial charge in [-0.3, -0.25) is 19.3 Å². The Hall–Kier alpha value is -2.53. The molecule has 0 radical (unpaired) electrons. The number of anilines is 1. The van der Waals surface area contributed by atoms with Gasteiger partial charge in [0.15, 0.2) is 0 Å². The number of hydrogen-bond acceptors (Lipinski definition) is 7. The number of carbonyl (C=O) groups is 1. The van der Waals surface area contributed by atoms with Crippen LogP contribution in [0.4, 0.5) is 5.69 Å². The molecule has 198 valence electrons. The molecule has 36 heavy (non-hydrogen) atoms. The Kier molecular flexibility index (Phi) is 9.84. The van der Waals surface area contributed by atoms with Crippen molar-refractivity contribution in [2.24, 2.45) is 17.4 Å². The molecule has 2 heterocycles. The third-order valence-electron chi connectivity index (χ3n) is 6.47. The fraction of sp³-hybridized carbons (Fsp3) is 0.480. The van der Waals surface area contributed by atoms with Crippen LogP contribution in [0.3, 0.4) is 0 Å². The topological polar surface area (TPSA) is 125 Å². The molecule has 0 spiro atoms. The summed E-state index contributed by atoms with van der Waals surface area (Å²) >= 11 is 6.07. The molecule has 11 heteroatoms. The molecule has 1 amide bonds. The Morgan fingerprint density at radius 1 is 1.17 bits per heavy atom. The molecule has 3 rings (SSSR count). The molecule has 0 unspecified atom stereocenters. The van der Waals surface area contributed by atoms with Crippen molar-refractivity contribution in [3.8, 4) is 0 Å². The van der Waals surface area contributed by atoms with E-state index in [1.165, 1.54) is 6.20 Å². The number of allylic oxidation sites excluding steroid dienone is 1. The third-order valence-corrected chi connectivity index (χ3v) is 7.30. The zero-order valence-electron chi connectivity index (χ0n) is 20.8. The van der Waals surface area contributed by atoms with Crippen molar-refractivity contribution in [2.75, 3.05) is 56.8 Å². The zero-order valence-corrected chi connectivity index (χ0v) is 22.4. The van der Waals surface area contributed by atoms with Crippen LogP contribution < -0.4 is 16.2 Å². The van der Waals surface area contributed by atoms with E-state index in [2.05, 4.69) is 21.1 Å². The molecule has 9 nitrogen and oxygen atoms in total. The lowest BCUT2D eigenvalue weighted by molar-refractivity contribution is -0.138. The SMILES string of the molecule is C=C(N)/C=C(\C=C/N)CN1CCC(C(=O)N2CCN(Cc3ccc(Cl)cc3NS(C)(=O)=O)CC2)CC1. The summed E-state index contributed by atoms with van der Waals surface area (Å²) in [5, 5.41) is 0.472. The van der Waals surface area contributed by atoms with E-state index in [1.54, 1.807) is 12.1 Å². The van der Waals surface area contributed by atoms with Crippen molar-refractivity contribution in [1.29, 1.82) is 0 Å². The Morgan fingerprint density at radius 2 is 1.83 bits per heavy atom. The number of likely N-dealkylation sites (tertiary alicyclic amines) is 1. The molecule has 0 bridgehead atoms. The van der Waals surface area contributed by atoms with Crippen LogP contribution in [0, 0.1) is 5.92 Å². The van der Waals surface area contributed by atoms with Gasteiger partial charge in [-0.2, -0.15) is 0 Å². The second-order valence-corrected chi connectivity index (χ2v) is 11.7. The Labute approximate surface area is 219 Å². The maximum Gasteiger partial charge on any atom is 0.229 e. The van der Waals surface area contributed by atoms with Gasteiger partial charge < -0.3 is 16.4 Å². The molecule has 2 aliphatic rings. The first-order valence-electron chi connectivity index (χ1n) is 12.1. The summed E-state index contributed by atoms with van der Waals surface area (Å²) < 4.78 is 26.0. The smallest absolute Gasteiger partial charge is 0.229 e. The normalized spacial score (nSPS) is 19.1. The highest BCUT2D eigenvalue weighted by Crippen LogP contribution is 2.25. The van der Waals surface area contributed by atoms with E-state index in [9.17, 15) is 13.2 Å². The number of hydrogen-bond donors (Lipinski definition) is 3. The standard InChI is InChI=1S/C25H37ClN6O3S/c1-19(28)15-20(5-8-27)17-30-9-6-21(7-10-30)25(33)32-13-11-31(12-14-32)18-22-3-4-23(26)16-24(22)29-36(2,34)35/h3-5,8,15-16,21,29H,1,6-7,9-14,17-18,27-28H2,2H3/b8-5-,20-15+. The van der Waals surface area contributed by atoms with Crippen LogP contribution in [-0.2, 0) is 21.4 Å². The van der Waals surface area contributed by atoms with E-state index in [4.69, 9.17) is 23.1 Å². The van der Waals surface area contributed by atoms with Gasteiger partial charge in [0.25, 0.3) is 0 Å². The maximum atomic E-state index is 13.2. The molecule has 0 atom stereocenters. The lowest BCUT2D eigenvalue weighted by Gasteiger charge is -2.38. The summed E-state index contributed by atoms with van der Waals surface area (Å²) in [4.78, 5) is 19.7. The van der Waals surface area contributed by atoms with E-state index in [1.807, 2.05) is 23.1 Å². The highest BCUT2D eigenvalue weighted by atomic mass is 35.5. The van der Waals surface area contributed by atoms with Gasteiger partial charge in [0.05, 0.1) is 11.9 Å². The summed E-state index contributed by atoms with van der Waals surface area (Å²) in [7, 11) is -3.41.